The van der Waals surface area contributed by atoms with Gasteiger partial charge in [-0.3, -0.25) is 0 Å². The highest BCUT2D eigenvalue weighted by Crippen LogP contribution is 2.30. The molecule has 1 heterocycles. The zero-order valence-electron chi connectivity index (χ0n) is 15.1. The van der Waals surface area contributed by atoms with Gasteiger partial charge >= 0.3 is 11.9 Å². The van der Waals surface area contributed by atoms with Crippen molar-refractivity contribution in [3.63, 3.8) is 0 Å². The van der Waals surface area contributed by atoms with E-state index in [9.17, 15) is 9.59 Å². The number of benzene rings is 2. The highest BCUT2D eigenvalue weighted by Gasteiger charge is 2.40. The Morgan fingerprint density at radius 3 is 2.44 bits per heavy atom. The molecule has 138 valence electrons. The minimum absolute atomic E-state index is 0.216. The summed E-state index contributed by atoms with van der Waals surface area (Å²) in [5.74, 6) is -0.884. The maximum Gasteiger partial charge on any atom is 0.359 e. The van der Waals surface area contributed by atoms with Gasteiger partial charge in [0.2, 0.25) is 5.72 Å². The van der Waals surface area contributed by atoms with Gasteiger partial charge in [-0.2, -0.15) is 0 Å². The maximum absolute atomic E-state index is 12.2. The number of hydrogen-bond donors (Lipinski definition) is 0. The third-order valence-electron chi connectivity index (χ3n) is 4.31. The van der Waals surface area contributed by atoms with Crippen LogP contribution in [0.15, 0.2) is 77.8 Å². The molecule has 0 amide bonds. The number of cyclic esters (lactones) is 1. The topological polar surface area (TPSA) is 65.0 Å². The third-order valence-corrected chi connectivity index (χ3v) is 4.31. The number of hydrogen-bond acceptors (Lipinski definition) is 5. The molecule has 0 saturated carbocycles. The van der Waals surface area contributed by atoms with E-state index in [2.05, 4.69) is 4.99 Å². The first kappa shape index (κ1) is 18.6. The van der Waals surface area contributed by atoms with Gasteiger partial charge in [-0.05, 0) is 5.56 Å². The largest absolute Gasteiger partial charge is 0.458 e. The van der Waals surface area contributed by atoms with Crippen LogP contribution in [0, 0.1) is 0 Å². The Hall–Kier alpha value is -3.21. The van der Waals surface area contributed by atoms with Crippen molar-refractivity contribution in [1.29, 1.82) is 0 Å². The van der Waals surface area contributed by atoms with Crippen molar-refractivity contribution >= 4 is 17.7 Å². The summed E-state index contributed by atoms with van der Waals surface area (Å²) in [6, 6.07) is 18.7. The van der Waals surface area contributed by atoms with Crippen molar-refractivity contribution in [2.75, 3.05) is 0 Å². The molecular weight excluding hydrogens is 342 g/mol. The van der Waals surface area contributed by atoms with Gasteiger partial charge < -0.3 is 9.47 Å². The molecular formula is C22H21NO4. The fourth-order valence-corrected chi connectivity index (χ4v) is 2.77. The summed E-state index contributed by atoms with van der Waals surface area (Å²) in [5.41, 5.74) is 0.992. The smallest absolute Gasteiger partial charge is 0.359 e. The second kappa shape index (κ2) is 8.45. The van der Waals surface area contributed by atoms with Crippen molar-refractivity contribution in [3.8, 4) is 0 Å². The molecule has 0 bridgehead atoms. The second-order valence-electron chi connectivity index (χ2n) is 6.22. The molecule has 0 spiro atoms. The maximum atomic E-state index is 12.2. The molecule has 2 aromatic rings. The minimum Gasteiger partial charge on any atom is -0.458 e. The van der Waals surface area contributed by atoms with Crippen molar-refractivity contribution in [3.05, 3.63) is 83.9 Å². The summed E-state index contributed by atoms with van der Waals surface area (Å²) in [4.78, 5) is 28.6. The fraction of sp³-hybridized carbons (Fsp3) is 0.227. The summed E-state index contributed by atoms with van der Waals surface area (Å²) in [6.45, 7) is 2.11. The van der Waals surface area contributed by atoms with E-state index in [4.69, 9.17) is 9.47 Å². The minimum atomic E-state index is -0.974. The van der Waals surface area contributed by atoms with Crippen LogP contribution in [0.2, 0.25) is 0 Å². The van der Waals surface area contributed by atoms with Crippen LogP contribution in [-0.2, 0) is 25.7 Å². The Bertz CT molecular complexity index is 858. The van der Waals surface area contributed by atoms with Crippen LogP contribution in [0.3, 0.4) is 0 Å². The van der Waals surface area contributed by atoms with Crippen molar-refractivity contribution in [1.82, 2.24) is 0 Å². The van der Waals surface area contributed by atoms with E-state index < -0.39 is 17.7 Å². The van der Waals surface area contributed by atoms with Crippen LogP contribution < -0.4 is 0 Å². The lowest BCUT2D eigenvalue weighted by Crippen LogP contribution is -2.26. The van der Waals surface area contributed by atoms with Gasteiger partial charge in [0, 0.05) is 24.5 Å². The molecule has 0 unspecified atom stereocenters. The molecule has 1 atom stereocenters. The lowest BCUT2D eigenvalue weighted by molar-refractivity contribution is -0.146. The van der Waals surface area contributed by atoms with Crippen LogP contribution >= 0.6 is 0 Å². The quantitative estimate of drug-likeness (QED) is 0.554. The normalized spacial score (nSPS) is 19.0. The molecule has 0 aromatic heterocycles. The third kappa shape index (κ3) is 4.70. The number of rotatable bonds is 7. The van der Waals surface area contributed by atoms with Crippen molar-refractivity contribution in [2.24, 2.45) is 4.99 Å². The molecule has 0 saturated heterocycles. The van der Waals surface area contributed by atoms with Crippen molar-refractivity contribution < 1.29 is 19.1 Å². The van der Waals surface area contributed by atoms with Gasteiger partial charge in [0.1, 0.15) is 6.61 Å². The lowest BCUT2D eigenvalue weighted by Gasteiger charge is -2.21. The van der Waals surface area contributed by atoms with Gasteiger partial charge in [-0.15, -0.1) is 0 Å². The molecule has 0 radical (unpaired) electrons. The Kier molecular flexibility index (Phi) is 5.81. The first-order valence-electron chi connectivity index (χ1n) is 8.88. The van der Waals surface area contributed by atoms with E-state index in [1.165, 1.54) is 6.08 Å². The Labute approximate surface area is 158 Å². The van der Waals surface area contributed by atoms with E-state index in [1.54, 1.807) is 6.08 Å². The zero-order chi connectivity index (χ0) is 19.1. The summed E-state index contributed by atoms with van der Waals surface area (Å²) < 4.78 is 10.7. The average Bonchev–Trinajstić information content (AvgIpc) is 3.05. The van der Waals surface area contributed by atoms with Crippen LogP contribution in [0.25, 0.3) is 0 Å². The van der Waals surface area contributed by atoms with Gasteiger partial charge in [0.25, 0.3) is 0 Å². The van der Waals surface area contributed by atoms with Crippen molar-refractivity contribution in [2.45, 2.75) is 32.1 Å². The summed E-state index contributed by atoms with van der Waals surface area (Å²) in [7, 11) is 0. The second-order valence-corrected chi connectivity index (χ2v) is 6.22. The SMILES string of the molecule is CC[C@]1(C/C=C/C(=O)OCc2ccccc2)N=C(c2ccccc2)C(=O)O1. The number of aliphatic imine (C=N–C) groups is 1. The van der Waals surface area contributed by atoms with Gasteiger partial charge in [0.05, 0.1) is 0 Å². The van der Waals surface area contributed by atoms with E-state index in [-0.39, 0.29) is 6.61 Å². The lowest BCUT2D eigenvalue weighted by atomic mass is 10.1. The predicted molar refractivity (Wildman–Crippen MR) is 102 cm³/mol. The van der Waals surface area contributed by atoms with Gasteiger partial charge in [-0.25, -0.2) is 14.6 Å². The van der Waals surface area contributed by atoms with E-state index in [0.717, 1.165) is 11.1 Å². The van der Waals surface area contributed by atoms with Gasteiger partial charge in [0.15, 0.2) is 5.71 Å². The molecule has 3 rings (SSSR count). The summed E-state index contributed by atoms with van der Waals surface area (Å²) in [5, 5.41) is 0. The molecule has 2 aromatic carbocycles. The fourth-order valence-electron chi connectivity index (χ4n) is 2.77. The standard InChI is InChI=1S/C22H21NO4/c1-2-22(23-20(21(25)27-22)18-12-7-4-8-13-18)15-9-14-19(24)26-16-17-10-5-3-6-11-17/h3-14H,2,15-16H2,1H3/b14-9+/t22-/m0/s1. The highest BCUT2D eigenvalue weighted by molar-refractivity contribution is 6.44. The molecule has 1 aliphatic heterocycles. The monoisotopic (exact) mass is 363 g/mol. The Morgan fingerprint density at radius 1 is 1.11 bits per heavy atom. The van der Waals surface area contributed by atoms with E-state index >= 15 is 0 Å². The predicted octanol–water partition coefficient (Wildman–Crippen LogP) is 3.83. The molecule has 5 nitrogen and oxygen atoms in total. The Balaban J connectivity index is 1.61. The molecule has 0 N–H and O–H groups in total. The number of esters is 2. The van der Waals surface area contributed by atoms with Gasteiger partial charge in [-0.1, -0.05) is 73.7 Å². The first-order valence-corrected chi connectivity index (χ1v) is 8.88. The highest BCUT2D eigenvalue weighted by atomic mass is 16.6. The van der Waals surface area contributed by atoms with E-state index in [1.807, 2.05) is 67.6 Å². The molecule has 27 heavy (non-hydrogen) atoms. The average molecular weight is 363 g/mol. The first-order chi connectivity index (χ1) is 13.1. The van der Waals surface area contributed by atoms with Crippen LogP contribution in [-0.4, -0.2) is 23.4 Å². The number of carbonyl (C=O) groups is 2. The summed E-state index contributed by atoms with van der Waals surface area (Å²) in [6.07, 6.45) is 3.82. The number of ether oxygens (including phenoxy) is 2. The molecule has 5 heteroatoms. The van der Waals surface area contributed by atoms with Crippen LogP contribution in [0.1, 0.15) is 30.9 Å². The molecule has 0 fully saturated rings. The van der Waals surface area contributed by atoms with Crippen LogP contribution in [0.5, 0.6) is 0 Å². The van der Waals surface area contributed by atoms with E-state index in [0.29, 0.717) is 18.6 Å². The zero-order valence-corrected chi connectivity index (χ0v) is 15.1. The molecule has 0 aliphatic carbocycles. The Morgan fingerprint density at radius 2 is 1.78 bits per heavy atom. The number of nitrogens with zero attached hydrogens (tertiary/aromatic N) is 1. The van der Waals surface area contributed by atoms with Crippen LogP contribution in [0.4, 0.5) is 0 Å². The molecule has 1 aliphatic rings. The summed E-state index contributed by atoms with van der Waals surface area (Å²) >= 11 is 0. The number of carbonyl (C=O) groups excluding carboxylic acids is 2.